The molecule has 0 aromatic heterocycles. The van der Waals surface area contributed by atoms with Crippen molar-refractivity contribution in [2.75, 3.05) is 0 Å². The van der Waals surface area contributed by atoms with E-state index in [0.29, 0.717) is 26.9 Å². The number of benzene rings is 1. The maximum Gasteiger partial charge on any atom is 0.0872 e. The molecule has 4 bridgehead atoms. The Bertz CT molecular complexity index is 567. The van der Waals surface area contributed by atoms with E-state index in [1.54, 1.807) is 0 Å². The van der Waals surface area contributed by atoms with Gasteiger partial charge in [0.05, 0.1) is 16.1 Å². The zero-order valence-corrected chi connectivity index (χ0v) is 14.2. The van der Waals surface area contributed by atoms with Gasteiger partial charge in [-0.05, 0) is 80.4 Å². The standard InChI is InChI=1S/C18H23Cl2N/c1-11(21)17-6-12-4-13(7-17)9-18(8-12,10-17)14-2-3-15(19)16(20)5-14/h2-3,5,11-13H,4,6-10,21H2,1H3/p+1/t11-,12-,13+,17?,18?/m0/s1. The summed E-state index contributed by atoms with van der Waals surface area (Å²) < 4.78 is 0. The highest BCUT2D eigenvalue weighted by Crippen LogP contribution is 2.66. The molecule has 114 valence electrons. The third-order valence-electron chi connectivity index (χ3n) is 6.68. The quantitative estimate of drug-likeness (QED) is 0.831. The molecule has 1 nitrogen and oxygen atoms in total. The second-order valence-corrected chi connectivity index (χ2v) is 8.95. The van der Waals surface area contributed by atoms with Gasteiger partial charge in [-0.25, -0.2) is 0 Å². The van der Waals surface area contributed by atoms with E-state index in [1.165, 1.54) is 44.1 Å². The summed E-state index contributed by atoms with van der Waals surface area (Å²) in [5.41, 5.74) is 6.67. The number of rotatable bonds is 2. The molecule has 3 N–H and O–H groups in total. The van der Waals surface area contributed by atoms with Crippen molar-refractivity contribution in [2.45, 2.75) is 56.9 Å². The molecule has 0 amide bonds. The van der Waals surface area contributed by atoms with Gasteiger partial charge in [0.2, 0.25) is 0 Å². The monoisotopic (exact) mass is 324 g/mol. The van der Waals surface area contributed by atoms with Crippen molar-refractivity contribution < 1.29 is 5.73 Å². The van der Waals surface area contributed by atoms with Crippen molar-refractivity contribution in [3.8, 4) is 0 Å². The van der Waals surface area contributed by atoms with Crippen molar-refractivity contribution in [1.82, 2.24) is 0 Å². The van der Waals surface area contributed by atoms with Crippen molar-refractivity contribution in [3.63, 3.8) is 0 Å². The summed E-state index contributed by atoms with van der Waals surface area (Å²) in [5.74, 6) is 1.79. The number of halogens is 2. The van der Waals surface area contributed by atoms with Crippen LogP contribution in [-0.2, 0) is 5.41 Å². The third kappa shape index (κ3) is 2.08. The lowest BCUT2D eigenvalue weighted by molar-refractivity contribution is -0.452. The molecule has 0 aliphatic heterocycles. The minimum absolute atomic E-state index is 0.338. The molecule has 4 aliphatic rings. The molecule has 4 fully saturated rings. The van der Waals surface area contributed by atoms with Crippen molar-refractivity contribution >= 4 is 23.2 Å². The summed E-state index contributed by atoms with van der Waals surface area (Å²) in [6, 6.07) is 6.89. The van der Waals surface area contributed by atoms with E-state index < -0.39 is 0 Å². The van der Waals surface area contributed by atoms with Gasteiger partial charge in [0.1, 0.15) is 0 Å². The van der Waals surface area contributed by atoms with Crippen molar-refractivity contribution in [2.24, 2.45) is 17.3 Å². The highest BCUT2D eigenvalue weighted by atomic mass is 35.5. The van der Waals surface area contributed by atoms with Crippen LogP contribution in [0.4, 0.5) is 0 Å². The maximum atomic E-state index is 6.31. The van der Waals surface area contributed by atoms with Crippen molar-refractivity contribution in [1.29, 1.82) is 0 Å². The van der Waals surface area contributed by atoms with Gasteiger partial charge < -0.3 is 5.73 Å². The number of hydrogen-bond donors (Lipinski definition) is 1. The van der Waals surface area contributed by atoms with Gasteiger partial charge >= 0.3 is 0 Å². The highest BCUT2D eigenvalue weighted by molar-refractivity contribution is 6.42. The Kier molecular flexibility index (Phi) is 3.17. The Hall–Kier alpha value is -0.240. The highest BCUT2D eigenvalue weighted by Gasteiger charge is 2.60. The average molecular weight is 325 g/mol. The largest absolute Gasteiger partial charge is 0.355 e. The van der Waals surface area contributed by atoms with E-state index in [9.17, 15) is 0 Å². The van der Waals surface area contributed by atoms with Crippen LogP contribution in [0.2, 0.25) is 10.0 Å². The summed E-state index contributed by atoms with van der Waals surface area (Å²) in [4.78, 5) is 0. The van der Waals surface area contributed by atoms with Gasteiger partial charge in [0.25, 0.3) is 0 Å². The van der Waals surface area contributed by atoms with Crippen LogP contribution in [0, 0.1) is 17.3 Å². The van der Waals surface area contributed by atoms with E-state index in [0.717, 1.165) is 11.8 Å². The zero-order valence-electron chi connectivity index (χ0n) is 12.7. The molecule has 0 saturated heterocycles. The smallest absolute Gasteiger partial charge is 0.0872 e. The Morgan fingerprint density at radius 2 is 1.76 bits per heavy atom. The van der Waals surface area contributed by atoms with E-state index in [1.807, 2.05) is 6.07 Å². The van der Waals surface area contributed by atoms with Crippen molar-refractivity contribution in [3.05, 3.63) is 33.8 Å². The molecule has 1 aromatic rings. The molecular formula is C18H24Cl2N+. The molecule has 4 aliphatic carbocycles. The number of hydrogen-bond acceptors (Lipinski definition) is 0. The molecule has 0 radical (unpaired) electrons. The number of quaternary nitrogens is 1. The fourth-order valence-electron chi connectivity index (χ4n) is 6.07. The van der Waals surface area contributed by atoms with Gasteiger partial charge in [-0.2, -0.15) is 0 Å². The molecule has 0 spiro atoms. The average Bonchev–Trinajstić information content (AvgIpc) is 2.40. The Morgan fingerprint density at radius 1 is 1.10 bits per heavy atom. The lowest BCUT2D eigenvalue weighted by atomic mass is 9.41. The van der Waals surface area contributed by atoms with Gasteiger partial charge in [-0.1, -0.05) is 29.3 Å². The third-order valence-corrected chi connectivity index (χ3v) is 7.42. The van der Waals surface area contributed by atoms with Gasteiger partial charge in [-0.3, -0.25) is 0 Å². The minimum Gasteiger partial charge on any atom is -0.355 e. The van der Waals surface area contributed by atoms with Gasteiger partial charge in [0.15, 0.2) is 0 Å². The summed E-state index contributed by atoms with van der Waals surface area (Å²) in [6.45, 7) is 2.33. The van der Waals surface area contributed by atoms with Crippen LogP contribution in [0.1, 0.15) is 51.0 Å². The molecular weight excluding hydrogens is 301 g/mol. The van der Waals surface area contributed by atoms with Crippen LogP contribution in [0.15, 0.2) is 18.2 Å². The van der Waals surface area contributed by atoms with Crippen LogP contribution < -0.4 is 5.73 Å². The SMILES string of the molecule is C[C@H]([NH3+])C12C[C@@H]3C[C@@H](CC(c4ccc(Cl)c(Cl)c4)(C3)C1)C2. The minimum atomic E-state index is 0.338. The second-order valence-electron chi connectivity index (χ2n) is 8.13. The first-order valence-electron chi connectivity index (χ1n) is 8.21. The molecule has 3 heteroatoms. The molecule has 21 heavy (non-hydrogen) atoms. The van der Waals surface area contributed by atoms with E-state index >= 15 is 0 Å². The van der Waals surface area contributed by atoms with Crippen LogP contribution in [0.5, 0.6) is 0 Å². The topological polar surface area (TPSA) is 27.6 Å². The summed E-state index contributed by atoms with van der Waals surface area (Å²) in [7, 11) is 0. The summed E-state index contributed by atoms with van der Waals surface area (Å²) in [6.07, 6.45) is 8.23. The molecule has 5 atom stereocenters. The molecule has 4 saturated carbocycles. The van der Waals surface area contributed by atoms with E-state index in [2.05, 4.69) is 24.8 Å². The Morgan fingerprint density at radius 3 is 2.33 bits per heavy atom. The predicted molar refractivity (Wildman–Crippen MR) is 87.6 cm³/mol. The molecule has 5 rings (SSSR count). The fraction of sp³-hybridized carbons (Fsp3) is 0.667. The van der Waals surface area contributed by atoms with Crippen LogP contribution >= 0.6 is 23.2 Å². The summed E-state index contributed by atoms with van der Waals surface area (Å²) >= 11 is 12.4. The Balaban J connectivity index is 1.78. The summed E-state index contributed by atoms with van der Waals surface area (Å²) in [5, 5.41) is 1.38. The van der Waals surface area contributed by atoms with Gasteiger partial charge in [-0.15, -0.1) is 0 Å². The normalized spacial score (nSPS) is 42.3. The second kappa shape index (κ2) is 4.63. The van der Waals surface area contributed by atoms with Crippen LogP contribution in [0.3, 0.4) is 0 Å². The van der Waals surface area contributed by atoms with Crippen LogP contribution in [0.25, 0.3) is 0 Å². The first kappa shape index (κ1) is 14.4. The maximum absolute atomic E-state index is 6.31. The predicted octanol–water partition coefficient (Wildman–Crippen LogP) is 4.46. The molecule has 0 heterocycles. The fourth-order valence-corrected chi connectivity index (χ4v) is 6.37. The molecule has 1 aromatic carbocycles. The first-order chi connectivity index (χ1) is 9.92. The molecule has 2 unspecified atom stereocenters. The van der Waals surface area contributed by atoms with E-state index in [-0.39, 0.29) is 0 Å². The van der Waals surface area contributed by atoms with E-state index in [4.69, 9.17) is 23.2 Å². The zero-order chi connectivity index (χ0) is 14.8. The lowest BCUT2D eigenvalue weighted by Crippen LogP contribution is -2.71. The van der Waals surface area contributed by atoms with Gasteiger partial charge in [0, 0.05) is 5.41 Å². The Labute approximate surface area is 137 Å². The van der Waals surface area contributed by atoms with Crippen LogP contribution in [-0.4, -0.2) is 6.04 Å². The first-order valence-corrected chi connectivity index (χ1v) is 8.97. The lowest BCUT2D eigenvalue weighted by Gasteiger charge is -2.62.